The minimum Gasteiger partial charge on any atom is -0.462 e. The van der Waals surface area contributed by atoms with Crippen molar-refractivity contribution in [1.29, 1.82) is 0 Å². The predicted octanol–water partition coefficient (Wildman–Crippen LogP) is 3.14. The molecule has 1 aliphatic rings. The molecule has 22 heavy (non-hydrogen) atoms. The van der Waals surface area contributed by atoms with Crippen LogP contribution in [0.15, 0.2) is 6.20 Å². The number of hydrogen-bond acceptors (Lipinski definition) is 5. The van der Waals surface area contributed by atoms with E-state index >= 15 is 0 Å². The van der Waals surface area contributed by atoms with Gasteiger partial charge in [0.1, 0.15) is 4.88 Å². The van der Waals surface area contributed by atoms with Gasteiger partial charge in [-0.3, -0.25) is 4.90 Å². The highest BCUT2D eigenvalue weighted by Crippen LogP contribution is 2.28. The number of hydrogen-bond donors (Lipinski definition) is 0. The summed E-state index contributed by atoms with van der Waals surface area (Å²) in [7, 11) is 0. The van der Waals surface area contributed by atoms with E-state index in [1.54, 1.807) is 11.8 Å². The van der Waals surface area contributed by atoms with Crippen LogP contribution in [0.4, 0.5) is 9.93 Å². The molecule has 0 N–H and O–H groups in total. The van der Waals surface area contributed by atoms with E-state index in [9.17, 15) is 9.59 Å². The van der Waals surface area contributed by atoms with Crippen LogP contribution in [0.25, 0.3) is 0 Å². The summed E-state index contributed by atoms with van der Waals surface area (Å²) in [5.74, 6) is -0.384. The molecule has 1 aliphatic heterocycles. The standard InChI is InChI=1S/C15H23N3O3S/c1-4-6-7-8-17-11(3)10-18(15(17)20)14-16-9-12(22-14)13(19)21-5-2/h9,11H,4-8,10H2,1-3H3. The lowest BCUT2D eigenvalue weighted by Crippen LogP contribution is -2.34. The molecule has 1 atom stereocenters. The number of ether oxygens (including phenoxy) is 1. The van der Waals surface area contributed by atoms with Crippen molar-refractivity contribution in [2.45, 2.75) is 46.1 Å². The molecule has 1 aromatic rings. The summed E-state index contributed by atoms with van der Waals surface area (Å²) in [5, 5.41) is 0.567. The van der Waals surface area contributed by atoms with E-state index in [2.05, 4.69) is 11.9 Å². The van der Waals surface area contributed by atoms with E-state index in [4.69, 9.17) is 4.74 Å². The zero-order chi connectivity index (χ0) is 16.1. The second kappa shape index (κ2) is 7.58. The third kappa shape index (κ3) is 3.58. The summed E-state index contributed by atoms with van der Waals surface area (Å²) in [6, 6.07) is 0.146. The zero-order valence-corrected chi connectivity index (χ0v) is 14.2. The monoisotopic (exact) mass is 325 g/mol. The molecule has 122 valence electrons. The van der Waals surface area contributed by atoms with Crippen molar-refractivity contribution < 1.29 is 14.3 Å². The SMILES string of the molecule is CCCCCN1C(=O)N(c2ncc(C(=O)OCC)s2)CC1C. The minimum absolute atomic E-state index is 0.0200. The minimum atomic E-state index is -0.384. The highest BCUT2D eigenvalue weighted by molar-refractivity contribution is 7.17. The molecule has 7 heteroatoms. The van der Waals surface area contributed by atoms with Crippen LogP contribution >= 0.6 is 11.3 Å². The number of anilines is 1. The van der Waals surface area contributed by atoms with Gasteiger partial charge in [-0.25, -0.2) is 14.6 Å². The van der Waals surface area contributed by atoms with Gasteiger partial charge in [-0.1, -0.05) is 31.1 Å². The molecule has 0 radical (unpaired) electrons. The molecule has 0 aromatic carbocycles. The summed E-state index contributed by atoms with van der Waals surface area (Å²) in [6.45, 7) is 7.68. The van der Waals surface area contributed by atoms with Crippen molar-refractivity contribution in [3.8, 4) is 0 Å². The Hall–Kier alpha value is -1.63. The zero-order valence-electron chi connectivity index (χ0n) is 13.4. The highest BCUT2D eigenvalue weighted by Gasteiger charge is 2.36. The van der Waals surface area contributed by atoms with Crippen molar-refractivity contribution in [2.75, 3.05) is 24.6 Å². The summed E-state index contributed by atoms with van der Waals surface area (Å²) in [5.41, 5.74) is 0. The topological polar surface area (TPSA) is 62.7 Å². The Morgan fingerprint density at radius 3 is 2.91 bits per heavy atom. The Kier molecular flexibility index (Phi) is 5.76. The molecular weight excluding hydrogens is 302 g/mol. The van der Waals surface area contributed by atoms with Gasteiger partial charge in [0.2, 0.25) is 0 Å². The van der Waals surface area contributed by atoms with Gasteiger partial charge in [0, 0.05) is 12.6 Å². The Bertz CT molecular complexity index is 532. The van der Waals surface area contributed by atoms with E-state index in [1.807, 2.05) is 11.8 Å². The first-order valence-corrected chi connectivity index (χ1v) is 8.61. The van der Waals surface area contributed by atoms with E-state index < -0.39 is 0 Å². The fourth-order valence-corrected chi connectivity index (χ4v) is 3.29. The summed E-state index contributed by atoms with van der Waals surface area (Å²) >= 11 is 1.21. The lowest BCUT2D eigenvalue weighted by molar-refractivity contribution is 0.0532. The van der Waals surface area contributed by atoms with Gasteiger partial charge in [0.25, 0.3) is 0 Å². The largest absolute Gasteiger partial charge is 0.462 e. The van der Waals surface area contributed by atoms with E-state index in [1.165, 1.54) is 17.5 Å². The van der Waals surface area contributed by atoms with Crippen LogP contribution in [0, 0.1) is 0 Å². The number of rotatable bonds is 7. The number of aromatic nitrogens is 1. The molecule has 0 saturated carbocycles. The molecule has 1 unspecified atom stereocenters. The number of nitrogens with zero attached hydrogens (tertiary/aromatic N) is 3. The number of thiazole rings is 1. The Morgan fingerprint density at radius 2 is 2.23 bits per heavy atom. The van der Waals surface area contributed by atoms with Crippen LogP contribution in [-0.4, -0.2) is 47.6 Å². The average Bonchev–Trinajstić information content (AvgIpc) is 3.07. The molecule has 1 saturated heterocycles. The normalized spacial score (nSPS) is 18.1. The molecule has 0 spiro atoms. The second-order valence-corrected chi connectivity index (χ2v) is 6.38. The van der Waals surface area contributed by atoms with Crippen LogP contribution in [0.2, 0.25) is 0 Å². The number of carbonyl (C=O) groups is 2. The molecule has 0 bridgehead atoms. The van der Waals surface area contributed by atoms with Gasteiger partial charge >= 0.3 is 12.0 Å². The Morgan fingerprint density at radius 1 is 1.45 bits per heavy atom. The van der Waals surface area contributed by atoms with Gasteiger partial charge < -0.3 is 9.64 Å². The van der Waals surface area contributed by atoms with Crippen molar-refractivity contribution in [1.82, 2.24) is 9.88 Å². The fraction of sp³-hybridized carbons (Fsp3) is 0.667. The molecule has 2 heterocycles. The predicted molar refractivity (Wildman–Crippen MR) is 86.5 cm³/mol. The molecule has 2 amide bonds. The van der Waals surface area contributed by atoms with E-state index in [-0.39, 0.29) is 18.0 Å². The molecule has 6 nitrogen and oxygen atoms in total. The van der Waals surface area contributed by atoms with Crippen molar-refractivity contribution >= 4 is 28.5 Å². The van der Waals surface area contributed by atoms with Gasteiger partial charge in [0.15, 0.2) is 5.13 Å². The van der Waals surface area contributed by atoms with Gasteiger partial charge in [-0.05, 0) is 20.3 Å². The van der Waals surface area contributed by atoms with Crippen molar-refractivity contribution in [3.63, 3.8) is 0 Å². The van der Waals surface area contributed by atoms with Gasteiger partial charge in [-0.2, -0.15) is 0 Å². The molecule has 1 aromatic heterocycles. The number of urea groups is 1. The first-order valence-electron chi connectivity index (χ1n) is 7.79. The molecular formula is C15H23N3O3S. The van der Waals surface area contributed by atoms with E-state index in [0.29, 0.717) is 23.2 Å². The summed E-state index contributed by atoms with van der Waals surface area (Å²) in [6.07, 6.45) is 4.76. The van der Waals surface area contributed by atoms with Gasteiger partial charge in [0.05, 0.1) is 19.3 Å². The third-order valence-corrected chi connectivity index (χ3v) is 4.66. The smallest absolute Gasteiger partial charge is 0.350 e. The third-order valence-electron chi connectivity index (χ3n) is 3.66. The lowest BCUT2D eigenvalue weighted by Gasteiger charge is -2.19. The maximum absolute atomic E-state index is 12.5. The molecule has 1 fully saturated rings. The number of amides is 2. The van der Waals surface area contributed by atoms with Crippen LogP contribution in [0.3, 0.4) is 0 Å². The summed E-state index contributed by atoms with van der Waals surface area (Å²) < 4.78 is 4.96. The average molecular weight is 325 g/mol. The Labute approximate surface area is 135 Å². The van der Waals surface area contributed by atoms with Crippen LogP contribution < -0.4 is 4.90 Å². The Balaban J connectivity index is 2.04. The van der Waals surface area contributed by atoms with Gasteiger partial charge in [-0.15, -0.1) is 0 Å². The highest BCUT2D eigenvalue weighted by atomic mass is 32.1. The maximum atomic E-state index is 12.5. The quantitative estimate of drug-likeness (QED) is 0.571. The first kappa shape index (κ1) is 16.7. The van der Waals surface area contributed by atoms with Crippen LogP contribution in [0.5, 0.6) is 0 Å². The molecule has 2 rings (SSSR count). The first-order chi connectivity index (χ1) is 10.6. The maximum Gasteiger partial charge on any atom is 0.350 e. The van der Waals surface area contributed by atoms with E-state index in [0.717, 1.165) is 25.8 Å². The number of carbonyl (C=O) groups excluding carboxylic acids is 2. The van der Waals surface area contributed by atoms with Crippen LogP contribution in [-0.2, 0) is 4.74 Å². The molecule has 0 aliphatic carbocycles. The fourth-order valence-electron chi connectivity index (χ4n) is 2.48. The van der Waals surface area contributed by atoms with Crippen molar-refractivity contribution in [3.05, 3.63) is 11.1 Å². The number of unbranched alkanes of at least 4 members (excludes halogenated alkanes) is 2. The van der Waals surface area contributed by atoms with Crippen LogP contribution in [0.1, 0.15) is 49.7 Å². The van der Waals surface area contributed by atoms with Crippen molar-refractivity contribution in [2.24, 2.45) is 0 Å². The summed E-state index contributed by atoms with van der Waals surface area (Å²) in [4.78, 5) is 32.4. The second-order valence-electron chi connectivity index (χ2n) is 5.37. The number of esters is 1. The lowest BCUT2D eigenvalue weighted by atomic mass is 10.2.